The summed E-state index contributed by atoms with van der Waals surface area (Å²) >= 11 is 0. The van der Waals surface area contributed by atoms with Crippen LogP contribution in [0, 0.1) is 0 Å². The zero-order valence-electron chi connectivity index (χ0n) is 14.3. The number of likely N-dealkylation sites (N-methyl/N-ethyl adjacent to an activating group) is 1. The number of aromatic nitrogens is 2. The third-order valence-corrected chi connectivity index (χ3v) is 4.61. The number of hydrogen-bond donors (Lipinski definition) is 1. The van der Waals surface area contributed by atoms with Crippen LogP contribution in [0.1, 0.15) is 37.2 Å². The van der Waals surface area contributed by atoms with E-state index in [0.717, 1.165) is 31.5 Å². The molecule has 22 heavy (non-hydrogen) atoms. The van der Waals surface area contributed by atoms with Crippen LogP contribution in [0.2, 0.25) is 0 Å². The second-order valence-electron chi connectivity index (χ2n) is 5.97. The number of likely N-dealkylation sites (tertiary alicyclic amines) is 1. The van der Waals surface area contributed by atoms with E-state index in [-0.39, 0.29) is 18.1 Å². The van der Waals surface area contributed by atoms with Gasteiger partial charge in [-0.05, 0) is 26.3 Å². The largest absolute Gasteiger partial charge is 0.380 e. The van der Waals surface area contributed by atoms with E-state index < -0.39 is 0 Å². The molecule has 0 spiro atoms. The Morgan fingerprint density at radius 3 is 2.64 bits per heavy atom. The van der Waals surface area contributed by atoms with Crippen molar-refractivity contribution in [2.45, 2.75) is 51.8 Å². The van der Waals surface area contributed by atoms with Crippen molar-refractivity contribution in [1.29, 1.82) is 0 Å². The summed E-state index contributed by atoms with van der Waals surface area (Å²) in [5.74, 6) is 0.0787. The van der Waals surface area contributed by atoms with E-state index in [0.29, 0.717) is 6.54 Å². The predicted octanol–water partition coefficient (Wildman–Crippen LogP) is 0.880. The molecule has 0 bridgehead atoms. The molecule has 1 aliphatic heterocycles. The molecule has 1 aromatic rings. The van der Waals surface area contributed by atoms with Gasteiger partial charge in [0.25, 0.3) is 0 Å². The van der Waals surface area contributed by atoms with Gasteiger partial charge in [-0.1, -0.05) is 13.8 Å². The van der Waals surface area contributed by atoms with Gasteiger partial charge in [-0.3, -0.25) is 14.4 Å². The van der Waals surface area contributed by atoms with Gasteiger partial charge < -0.3 is 10.1 Å². The Kier molecular flexibility index (Phi) is 5.58. The lowest BCUT2D eigenvalue weighted by molar-refractivity contribution is -0.125. The van der Waals surface area contributed by atoms with Gasteiger partial charge in [-0.25, -0.2) is 0 Å². The van der Waals surface area contributed by atoms with Gasteiger partial charge in [-0.2, -0.15) is 5.10 Å². The Labute approximate surface area is 132 Å². The molecule has 1 fully saturated rings. The van der Waals surface area contributed by atoms with Gasteiger partial charge in [-0.15, -0.1) is 0 Å². The van der Waals surface area contributed by atoms with Gasteiger partial charge in [0, 0.05) is 38.5 Å². The summed E-state index contributed by atoms with van der Waals surface area (Å²) in [4.78, 5) is 14.5. The number of methoxy groups -OCH3 is 1. The van der Waals surface area contributed by atoms with Gasteiger partial charge in [0.1, 0.15) is 0 Å². The number of aryl methyl sites for hydroxylation is 2. The Morgan fingerprint density at radius 2 is 2.09 bits per heavy atom. The average molecular weight is 308 g/mol. The third kappa shape index (κ3) is 3.33. The van der Waals surface area contributed by atoms with Crippen molar-refractivity contribution >= 4 is 5.91 Å². The van der Waals surface area contributed by atoms with E-state index in [9.17, 15) is 4.79 Å². The van der Waals surface area contributed by atoms with Gasteiger partial charge in [0.15, 0.2) is 0 Å². The van der Waals surface area contributed by atoms with Crippen LogP contribution in [0.3, 0.4) is 0 Å². The lowest BCUT2D eigenvalue weighted by Crippen LogP contribution is -2.41. The number of ether oxygens (including phenoxy) is 1. The second-order valence-corrected chi connectivity index (χ2v) is 5.97. The van der Waals surface area contributed by atoms with Crippen molar-refractivity contribution in [3.63, 3.8) is 0 Å². The predicted molar refractivity (Wildman–Crippen MR) is 85.6 cm³/mol. The highest BCUT2D eigenvalue weighted by Crippen LogP contribution is 2.19. The number of hydrogen-bond acceptors (Lipinski definition) is 4. The molecular formula is C16H28N4O2. The molecular weight excluding hydrogens is 280 g/mol. The summed E-state index contributed by atoms with van der Waals surface area (Å²) in [6.45, 7) is 5.58. The molecule has 2 atom stereocenters. The van der Waals surface area contributed by atoms with E-state index >= 15 is 0 Å². The summed E-state index contributed by atoms with van der Waals surface area (Å²) in [5, 5.41) is 7.64. The van der Waals surface area contributed by atoms with E-state index in [2.05, 4.69) is 29.2 Å². The van der Waals surface area contributed by atoms with Crippen LogP contribution in [0.5, 0.6) is 0 Å². The minimum Gasteiger partial charge on any atom is -0.380 e. The standard InChI is InChI=1S/C16H28N4O2/c1-6-13-12(14(7-2)20(4)18-13)9-17-16(21)15-8-11(22-5)10-19(15)3/h11,15H,6-10H2,1-5H3,(H,17,21)/t11-,15-/m0/s1. The zero-order valence-corrected chi connectivity index (χ0v) is 14.3. The van der Waals surface area contributed by atoms with E-state index in [1.165, 1.54) is 11.3 Å². The molecule has 0 radical (unpaired) electrons. The van der Waals surface area contributed by atoms with Crippen molar-refractivity contribution in [3.8, 4) is 0 Å². The van der Waals surface area contributed by atoms with Crippen LogP contribution in [0.4, 0.5) is 0 Å². The molecule has 1 N–H and O–H groups in total. The van der Waals surface area contributed by atoms with Crippen LogP contribution < -0.4 is 5.32 Å². The monoisotopic (exact) mass is 308 g/mol. The summed E-state index contributed by atoms with van der Waals surface area (Å²) in [6, 6.07) is -0.100. The highest BCUT2D eigenvalue weighted by atomic mass is 16.5. The maximum atomic E-state index is 12.5. The highest BCUT2D eigenvalue weighted by Gasteiger charge is 2.34. The molecule has 1 amide bonds. The zero-order chi connectivity index (χ0) is 16.3. The van der Waals surface area contributed by atoms with E-state index in [1.807, 2.05) is 18.8 Å². The molecule has 1 aliphatic rings. The van der Waals surface area contributed by atoms with E-state index in [4.69, 9.17) is 4.74 Å². The number of carbonyl (C=O) groups is 1. The van der Waals surface area contributed by atoms with Crippen LogP contribution in [0.25, 0.3) is 0 Å². The molecule has 0 aromatic carbocycles. The van der Waals surface area contributed by atoms with E-state index in [1.54, 1.807) is 7.11 Å². The smallest absolute Gasteiger partial charge is 0.237 e. The van der Waals surface area contributed by atoms with Crippen molar-refractivity contribution in [2.24, 2.45) is 7.05 Å². The summed E-state index contributed by atoms with van der Waals surface area (Å²) in [7, 11) is 5.65. The molecule has 2 rings (SSSR count). The van der Waals surface area contributed by atoms with Crippen molar-refractivity contribution in [2.75, 3.05) is 20.7 Å². The van der Waals surface area contributed by atoms with Gasteiger partial charge in [0.2, 0.25) is 5.91 Å². The van der Waals surface area contributed by atoms with Crippen LogP contribution >= 0.6 is 0 Å². The topological polar surface area (TPSA) is 59.4 Å². The fraction of sp³-hybridized carbons (Fsp3) is 0.750. The molecule has 0 saturated carbocycles. The molecule has 6 heteroatoms. The molecule has 124 valence electrons. The molecule has 0 unspecified atom stereocenters. The number of amides is 1. The lowest BCUT2D eigenvalue weighted by Gasteiger charge is -2.18. The normalized spacial score (nSPS) is 22.2. The Balaban J connectivity index is 2.02. The Morgan fingerprint density at radius 1 is 1.36 bits per heavy atom. The van der Waals surface area contributed by atoms with Crippen molar-refractivity contribution in [3.05, 3.63) is 17.0 Å². The molecule has 1 saturated heterocycles. The first-order valence-corrected chi connectivity index (χ1v) is 8.06. The van der Waals surface area contributed by atoms with Crippen LogP contribution in [-0.4, -0.2) is 53.4 Å². The summed E-state index contributed by atoms with van der Waals surface area (Å²) in [6.07, 6.45) is 2.71. The second kappa shape index (κ2) is 7.24. The molecule has 0 aliphatic carbocycles. The first-order chi connectivity index (χ1) is 10.5. The van der Waals surface area contributed by atoms with Crippen LogP contribution in [-0.2, 0) is 36.0 Å². The third-order valence-electron chi connectivity index (χ3n) is 4.61. The first-order valence-electron chi connectivity index (χ1n) is 8.06. The number of nitrogens with one attached hydrogen (secondary N) is 1. The minimum atomic E-state index is -0.100. The fourth-order valence-corrected chi connectivity index (χ4v) is 3.32. The molecule has 6 nitrogen and oxygen atoms in total. The maximum Gasteiger partial charge on any atom is 0.237 e. The highest BCUT2D eigenvalue weighted by molar-refractivity contribution is 5.82. The number of rotatable bonds is 6. The first kappa shape index (κ1) is 17.0. The van der Waals surface area contributed by atoms with Gasteiger partial charge >= 0.3 is 0 Å². The maximum absolute atomic E-state index is 12.5. The van der Waals surface area contributed by atoms with Crippen molar-refractivity contribution < 1.29 is 9.53 Å². The SMILES string of the molecule is CCc1nn(C)c(CC)c1CNC(=O)[C@@H]1C[C@H](OC)CN1C. The molecule has 1 aromatic heterocycles. The Bertz CT molecular complexity index is 526. The summed E-state index contributed by atoms with van der Waals surface area (Å²) < 4.78 is 7.30. The van der Waals surface area contributed by atoms with Crippen molar-refractivity contribution in [1.82, 2.24) is 20.0 Å². The molecule has 2 heterocycles. The Hall–Kier alpha value is -1.40. The summed E-state index contributed by atoms with van der Waals surface area (Å²) in [5.41, 5.74) is 3.45. The average Bonchev–Trinajstić information content (AvgIpc) is 3.04. The number of nitrogens with zero attached hydrogens (tertiary/aromatic N) is 3. The quantitative estimate of drug-likeness (QED) is 0.847. The number of carbonyl (C=O) groups excluding carboxylic acids is 1. The lowest BCUT2D eigenvalue weighted by atomic mass is 10.1. The minimum absolute atomic E-state index is 0.0787. The van der Waals surface area contributed by atoms with Gasteiger partial charge in [0.05, 0.1) is 17.8 Å². The van der Waals surface area contributed by atoms with Crippen LogP contribution in [0.15, 0.2) is 0 Å². The fourth-order valence-electron chi connectivity index (χ4n) is 3.32.